The van der Waals surface area contributed by atoms with Gasteiger partial charge in [-0.1, -0.05) is 6.07 Å². The molecule has 6 aromatic rings. The first kappa shape index (κ1) is 20.5. The quantitative estimate of drug-likeness (QED) is 0.325. The minimum absolute atomic E-state index is 0.0481. The number of amides is 1. The summed E-state index contributed by atoms with van der Waals surface area (Å²) in [5.74, 6) is 0.174. The molecular formula is C27H20N8O. The Bertz CT molecular complexity index is 1750. The fourth-order valence-corrected chi connectivity index (χ4v) is 4.42. The van der Waals surface area contributed by atoms with Gasteiger partial charge in [0, 0.05) is 46.4 Å². The summed E-state index contributed by atoms with van der Waals surface area (Å²) < 4.78 is 0. The SMILES string of the molecule is O=C(Nc1cncc(-c2cc3c(-c4cc5c(-c6ccccn6)ccnc5[nH]4)n[nH]c3cn2)c1)C1CC1. The number of rotatable bonds is 5. The molecule has 0 saturated heterocycles. The van der Waals surface area contributed by atoms with Gasteiger partial charge in [0.2, 0.25) is 5.91 Å². The standard InChI is InChI=1S/C27H20N8O/c36-27(15-4-5-15)32-17-9-16(12-28-13-17)22-11-20-24(14-31-22)34-35-25(20)23-10-19-18(6-8-30-26(19)33-23)21-3-1-2-7-29-21/h1-3,6-15H,4-5H2,(H,30,33)(H,32,36)(H,34,35). The monoisotopic (exact) mass is 472 g/mol. The van der Waals surface area contributed by atoms with Crippen LogP contribution in [0, 0.1) is 5.92 Å². The van der Waals surface area contributed by atoms with Gasteiger partial charge in [-0.25, -0.2) is 4.98 Å². The maximum atomic E-state index is 12.2. The number of anilines is 1. The molecule has 6 aromatic heterocycles. The highest BCUT2D eigenvalue weighted by atomic mass is 16.2. The number of aromatic nitrogens is 7. The van der Waals surface area contributed by atoms with Gasteiger partial charge in [-0.2, -0.15) is 5.10 Å². The second-order valence-corrected chi connectivity index (χ2v) is 8.93. The van der Waals surface area contributed by atoms with Crippen molar-refractivity contribution in [3.63, 3.8) is 0 Å². The molecule has 174 valence electrons. The van der Waals surface area contributed by atoms with Gasteiger partial charge in [0.15, 0.2) is 0 Å². The molecule has 1 aliphatic rings. The molecule has 0 unspecified atom stereocenters. The number of hydrogen-bond donors (Lipinski definition) is 3. The largest absolute Gasteiger partial charge is 0.338 e. The fraction of sp³-hybridized carbons (Fsp3) is 0.111. The van der Waals surface area contributed by atoms with Crippen molar-refractivity contribution in [2.75, 3.05) is 5.32 Å². The van der Waals surface area contributed by atoms with E-state index in [1.807, 2.05) is 36.4 Å². The summed E-state index contributed by atoms with van der Waals surface area (Å²) in [6.07, 6.45) is 10.6. The van der Waals surface area contributed by atoms with Crippen LogP contribution in [0.5, 0.6) is 0 Å². The Morgan fingerprint density at radius 3 is 2.72 bits per heavy atom. The number of hydrogen-bond acceptors (Lipinski definition) is 6. The molecule has 1 saturated carbocycles. The van der Waals surface area contributed by atoms with Crippen LogP contribution in [0.4, 0.5) is 5.69 Å². The second kappa shape index (κ2) is 8.09. The summed E-state index contributed by atoms with van der Waals surface area (Å²) in [5, 5.41) is 12.5. The fourth-order valence-electron chi connectivity index (χ4n) is 4.42. The lowest BCUT2D eigenvalue weighted by Gasteiger charge is -2.06. The molecule has 0 aliphatic heterocycles. The van der Waals surface area contributed by atoms with E-state index in [0.717, 1.165) is 68.7 Å². The Morgan fingerprint density at radius 1 is 0.917 bits per heavy atom. The van der Waals surface area contributed by atoms with Crippen molar-refractivity contribution in [3.8, 4) is 33.9 Å². The van der Waals surface area contributed by atoms with Gasteiger partial charge in [0.05, 0.1) is 40.7 Å². The van der Waals surface area contributed by atoms with Crippen LogP contribution < -0.4 is 5.32 Å². The predicted molar refractivity (Wildman–Crippen MR) is 137 cm³/mol. The number of aromatic amines is 2. The number of nitrogens with one attached hydrogen (secondary N) is 3. The molecule has 7 rings (SSSR count). The lowest BCUT2D eigenvalue weighted by Crippen LogP contribution is -2.13. The summed E-state index contributed by atoms with van der Waals surface area (Å²) in [7, 11) is 0. The molecule has 6 heterocycles. The molecule has 0 radical (unpaired) electrons. The van der Waals surface area contributed by atoms with Gasteiger partial charge in [0.25, 0.3) is 0 Å². The van der Waals surface area contributed by atoms with Crippen molar-refractivity contribution in [3.05, 3.63) is 73.4 Å². The molecule has 0 bridgehead atoms. The van der Waals surface area contributed by atoms with E-state index in [4.69, 9.17) is 0 Å². The minimum Gasteiger partial charge on any atom is -0.338 e. The van der Waals surface area contributed by atoms with E-state index in [2.05, 4.69) is 46.5 Å². The molecule has 9 heteroatoms. The summed E-state index contributed by atoms with van der Waals surface area (Å²) >= 11 is 0. The van der Waals surface area contributed by atoms with E-state index in [1.165, 1.54) is 0 Å². The van der Waals surface area contributed by atoms with Gasteiger partial charge < -0.3 is 10.3 Å². The predicted octanol–water partition coefficient (Wildman–Crippen LogP) is 4.97. The Balaban J connectivity index is 1.28. The first-order chi connectivity index (χ1) is 17.7. The van der Waals surface area contributed by atoms with Gasteiger partial charge in [-0.15, -0.1) is 0 Å². The van der Waals surface area contributed by atoms with Crippen LogP contribution in [-0.4, -0.2) is 41.0 Å². The molecular weight excluding hydrogens is 452 g/mol. The molecule has 1 aliphatic carbocycles. The third kappa shape index (κ3) is 3.58. The van der Waals surface area contributed by atoms with Gasteiger partial charge in [0.1, 0.15) is 11.3 Å². The maximum Gasteiger partial charge on any atom is 0.227 e. The van der Waals surface area contributed by atoms with Crippen LogP contribution in [0.1, 0.15) is 12.8 Å². The Kier molecular flexibility index (Phi) is 4.60. The summed E-state index contributed by atoms with van der Waals surface area (Å²) in [6.45, 7) is 0. The van der Waals surface area contributed by atoms with Crippen molar-refractivity contribution in [2.45, 2.75) is 12.8 Å². The van der Waals surface area contributed by atoms with Crippen molar-refractivity contribution >= 4 is 33.5 Å². The number of fused-ring (bicyclic) bond motifs is 2. The first-order valence-corrected chi connectivity index (χ1v) is 11.7. The Labute approximate surface area is 205 Å². The molecule has 0 aromatic carbocycles. The van der Waals surface area contributed by atoms with Crippen LogP contribution in [0.25, 0.3) is 55.8 Å². The Morgan fingerprint density at radius 2 is 1.86 bits per heavy atom. The number of carbonyl (C=O) groups is 1. The minimum atomic E-state index is 0.0481. The summed E-state index contributed by atoms with van der Waals surface area (Å²) in [6, 6.07) is 13.8. The smallest absolute Gasteiger partial charge is 0.227 e. The average Bonchev–Trinajstić information content (AvgIpc) is 3.55. The van der Waals surface area contributed by atoms with E-state index in [0.29, 0.717) is 5.69 Å². The number of carbonyl (C=O) groups excluding carboxylic acids is 1. The van der Waals surface area contributed by atoms with Crippen LogP contribution in [0.3, 0.4) is 0 Å². The zero-order valence-electron chi connectivity index (χ0n) is 19.1. The van der Waals surface area contributed by atoms with Crippen LogP contribution in [0.15, 0.2) is 73.4 Å². The number of H-pyrrole nitrogens is 2. The zero-order valence-corrected chi connectivity index (χ0v) is 19.1. The second-order valence-electron chi connectivity index (χ2n) is 8.93. The van der Waals surface area contributed by atoms with Crippen LogP contribution in [0.2, 0.25) is 0 Å². The molecule has 1 fully saturated rings. The third-order valence-corrected chi connectivity index (χ3v) is 6.42. The highest BCUT2D eigenvalue weighted by Crippen LogP contribution is 2.34. The molecule has 0 spiro atoms. The van der Waals surface area contributed by atoms with Crippen LogP contribution >= 0.6 is 0 Å². The zero-order chi connectivity index (χ0) is 24.1. The number of nitrogens with zero attached hydrogens (tertiary/aromatic N) is 5. The van der Waals surface area contributed by atoms with Crippen molar-refractivity contribution in [1.29, 1.82) is 0 Å². The summed E-state index contributed by atoms with van der Waals surface area (Å²) in [4.78, 5) is 33.5. The molecule has 1 amide bonds. The Hall–Kier alpha value is -4.92. The first-order valence-electron chi connectivity index (χ1n) is 11.7. The lowest BCUT2D eigenvalue weighted by molar-refractivity contribution is -0.117. The van der Waals surface area contributed by atoms with Crippen molar-refractivity contribution in [2.24, 2.45) is 5.92 Å². The van der Waals surface area contributed by atoms with Crippen LogP contribution in [-0.2, 0) is 4.79 Å². The van der Waals surface area contributed by atoms with E-state index in [9.17, 15) is 4.79 Å². The highest BCUT2D eigenvalue weighted by molar-refractivity contribution is 6.00. The molecule has 3 N–H and O–H groups in total. The topological polar surface area (TPSA) is 125 Å². The van der Waals surface area contributed by atoms with Crippen molar-refractivity contribution in [1.82, 2.24) is 35.1 Å². The maximum absolute atomic E-state index is 12.2. The summed E-state index contributed by atoms with van der Waals surface area (Å²) in [5.41, 5.74) is 7.30. The van der Waals surface area contributed by atoms with Gasteiger partial charge >= 0.3 is 0 Å². The van der Waals surface area contributed by atoms with E-state index in [1.54, 1.807) is 31.0 Å². The van der Waals surface area contributed by atoms with E-state index >= 15 is 0 Å². The van der Waals surface area contributed by atoms with E-state index < -0.39 is 0 Å². The molecule has 0 atom stereocenters. The molecule has 9 nitrogen and oxygen atoms in total. The molecule has 36 heavy (non-hydrogen) atoms. The normalized spacial score (nSPS) is 13.3. The average molecular weight is 473 g/mol. The number of pyridine rings is 4. The van der Waals surface area contributed by atoms with Gasteiger partial charge in [-0.05, 0) is 49.2 Å². The van der Waals surface area contributed by atoms with Crippen molar-refractivity contribution < 1.29 is 4.79 Å². The third-order valence-electron chi connectivity index (χ3n) is 6.42. The van der Waals surface area contributed by atoms with Gasteiger partial charge in [-0.3, -0.25) is 24.8 Å². The lowest BCUT2D eigenvalue weighted by atomic mass is 10.1. The highest BCUT2D eigenvalue weighted by Gasteiger charge is 2.29. The van der Waals surface area contributed by atoms with E-state index in [-0.39, 0.29) is 11.8 Å².